The molecule has 2 rings (SSSR count). The van der Waals surface area contributed by atoms with E-state index in [0.717, 1.165) is 12.1 Å². The Bertz CT molecular complexity index is 820. The summed E-state index contributed by atoms with van der Waals surface area (Å²) in [6.45, 7) is 1.21. The minimum Gasteiger partial charge on any atom is -0.385 e. The largest absolute Gasteiger partial charge is 0.385 e. The van der Waals surface area contributed by atoms with Crippen molar-refractivity contribution in [2.75, 3.05) is 44.5 Å². The first-order chi connectivity index (χ1) is 14.0. The van der Waals surface area contributed by atoms with E-state index in [1.807, 2.05) is 0 Å². The second kappa shape index (κ2) is 11.5. The van der Waals surface area contributed by atoms with Gasteiger partial charge in [0, 0.05) is 49.8 Å². The van der Waals surface area contributed by atoms with Crippen molar-refractivity contribution in [3.8, 4) is 0 Å². The molecule has 2 aromatic carbocycles. The molecule has 0 spiro atoms. The van der Waals surface area contributed by atoms with Gasteiger partial charge in [-0.2, -0.15) is 0 Å². The number of ether oxygens (including phenoxy) is 1. The fraction of sp³-hybridized carbons (Fsp3) is 0.286. The van der Waals surface area contributed by atoms with E-state index in [9.17, 15) is 14.4 Å². The molecule has 0 aromatic heterocycles. The highest BCUT2D eigenvalue weighted by atomic mass is 16.5. The van der Waals surface area contributed by atoms with Crippen molar-refractivity contribution in [3.63, 3.8) is 0 Å². The number of anilines is 2. The van der Waals surface area contributed by atoms with Crippen molar-refractivity contribution >= 4 is 29.1 Å². The molecular weight excluding hydrogens is 372 g/mol. The summed E-state index contributed by atoms with van der Waals surface area (Å²) in [5.74, 6) is -0.556. The summed E-state index contributed by atoms with van der Waals surface area (Å²) in [6.07, 6.45) is 0.748. The molecule has 8 heteroatoms. The van der Waals surface area contributed by atoms with E-state index >= 15 is 0 Å². The summed E-state index contributed by atoms with van der Waals surface area (Å²) in [4.78, 5) is 35.6. The van der Waals surface area contributed by atoms with Gasteiger partial charge in [0.1, 0.15) is 0 Å². The molecule has 0 aliphatic carbocycles. The summed E-state index contributed by atoms with van der Waals surface area (Å²) in [6, 6.07) is 13.5. The Hall–Kier alpha value is -3.39. The van der Waals surface area contributed by atoms with Crippen LogP contribution in [0.2, 0.25) is 0 Å². The van der Waals surface area contributed by atoms with Crippen LogP contribution >= 0.6 is 0 Å². The van der Waals surface area contributed by atoms with Crippen molar-refractivity contribution in [2.45, 2.75) is 6.42 Å². The zero-order valence-corrected chi connectivity index (χ0v) is 16.6. The maximum Gasteiger partial charge on any atom is 0.251 e. The molecule has 0 unspecified atom stereocenters. The minimum absolute atomic E-state index is 0.0705. The molecule has 4 N–H and O–H groups in total. The zero-order valence-electron chi connectivity index (χ0n) is 16.6. The summed E-state index contributed by atoms with van der Waals surface area (Å²) in [7, 11) is 3.19. The number of hydrogen-bond donors (Lipinski definition) is 4. The number of methoxy groups -OCH3 is 1. The van der Waals surface area contributed by atoms with Gasteiger partial charge >= 0.3 is 0 Å². The average molecular weight is 398 g/mol. The van der Waals surface area contributed by atoms with Gasteiger partial charge < -0.3 is 26.0 Å². The second-order valence-electron chi connectivity index (χ2n) is 6.24. The first kappa shape index (κ1) is 21.9. The Morgan fingerprint density at radius 1 is 0.862 bits per heavy atom. The molecule has 0 atom stereocenters. The lowest BCUT2D eigenvalue weighted by atomic mass is 10.2. The third-order valence-corrected chi connectivity index (χ3v) is 4.07. The van der Waals surface area contributed by atoms with Crippen molar-refractivity contribution in [3.05, 3.63) is 59.7 Å². The topological polar surface area (TPSA) is 109 Å². The number of nitrogens with one attached hydrogen (secondary N) is 4. The molecule has 8 nitrogen and oxygen atoms in total. The minimum atomic E-state index is -0.225. The van der Waals surface area contributed by atoms with Crippen LogP contribution in [0, 0.1) is 0 Å². The Balaban J connectivity index is 1.78. The van der Waals surface area contributed by atoms with Crippen LogP contribution in [-0.2, 0) is 9.53 Å². The molecule has 154 valence electrons. The van der Waals surface area contributed by atoms with Gasteiger partial charge in [0.05, 0.1) is 6.54 Å². The Kier molecular flexibility index (Phi) is 8.65. The van der Waals surface area contributed by atoms with Gasteiger partial charge in [-0.15, -0.1) is 0 Å². The SMILES string of the molecule is CNC(=O)c1ccc(NCC(=O)Nc2ccc(C(=O)NCCCOC)cc2)cc1. The predicted octanol–water partition coefficient (Wildman–Crippen LogP) is 1.86. The Labute approximate surface area is 170 Å². The predicted molar refractivity (Wildman–Crippen MR) is 112 cm³/mol. The van der Waals surface area contributed by atoms with Crippen LogP contribution < -0.4 is 21.3 Å². The first-order valence-corrected chi connectivity index (χ1v) is 9.26. The van der Waals surface area contributed by atoms with E-state index in [-0.39, 0.29) is 24.3 Å². The lowest BCUT2D eigenvalue weighted by Crippen LogP contribution is -2.25. The summed E-state index contributed by atoms with van der Waals surface area (Å²) < 4.78 is 4.94. The van der Waals surface area contributed by atoms with Gasteiger partial charge in [-0.1, -0.05) is 0 Å². The fourth-order valence-corrected chi connectivity index (χ4v) is 2.50. The lowest BCUT2D eigenvalue weighted by Gasteiger charge is -2.09. The zero-order chi connectivity index (χ0) is 21.1. The molecule has 0 saturated heterocycles. The quantitative estimate of drug-likeness (QED) is 0.457. The van der Waals surface area contributed by atoms with Gasteiger partial charge in [0.15, 0.2) is 0 Å². The molecule has 0 saturated carbocycles. The standard InChI is InChI=1S/C21H26N4O4/c1-22-20(27)15-4-8-17(9-5-15)24-14-19(26)25-18-10-6-16(7-11-18)21(28)23-12-3-13-29-2/h4-11,24H,3,12-14H2,1-2H3,(H,22,27)(H,23,28)(H,25,26). The number of amides is 3. The molecule has 2 aromatic rings. The van der Waals surface area contributed by atoms with Gasteiger partial charge in [0.2, 0.25) is 5.91 Å². The van der Waals surface area contributed by atoms with Crippen LogP contribution in [0.1, 0.15) is 27.1 Å². The fourth-order valence-electron chi connectivity index (χ4n) is 2.50. The van der Waals surface area contributed by atoms with Crippen molar-refractivity contribution in [1.29, 1.82) is 0 Å². The third-order valence-electron chi connectivity index (χ3n) is 4.07. The molecular formula is C21H26N4O4. The Morgan fingerprint density at radius 2 is 1.45 bits per heavy atom. The molecule has 0 radical (unpaired) electrons. The number of carbonyl (C=O) groups excluding carboxylic acids is 3. The molecule has 0 bridgehead atoms. The number of carbonyl (C=O) groups is 3. The average Bonchev–Trinajstić information content (AvgIpc) is 2.75. The molecule has 29 heavy (non-hydrogen) atoms. The van der Waals surface area contributed by atoms with Crippen LogP contribution in [0.25, 0.3) is 0 Å². The van der Waals surface area contributed by atoms with E-state index in [2.05, 4.69) is 21.3 Å². The monoisotopic (exact) mass is 398 g/mol. The molecule has 0 aliphatic heterocycles. The van der Waals surface area contributed by atoms with Gasteiger partial charge in [-0.25, -0.2) is 0 Å². The van der Waals surface area contributed by atoms with Crippen LogP contribution in [0.15, 0.2) is 48.5 Å². The number of hydrogen-bond acceptors (Lipinski definition) is 5. The van der Waals surface area contributed by atoms with E-state index in [0.29, 0.717) is 30.0 Å². The molecule has 0 heterocycles. The smallest absolute Gasteiger partial charge is 0.251 e. The third kappa shape index (κ3) is 7.27. The first-order valence-electron chi connectivity index (χ1n) is 9.26. The van der Waals surface area contributed by atoms with Crippen molar-refractivity contribution < 1.29 is 19.1 Å². The summed E-state index contributed by atoms with van der Waals surface area (Å²) >= 11 is 0. The second-order valence-corrected chi connectivity index (χ2v) is 6.24. The van der Waals surface area contributed by atoms with Gasteiger partial charge in [0.25, 0.3) is 11.8 Å². The van der Waals surface area contributed by atoms with E-state index in [4.69, 9.17) is 4.74 Å². The van der Waals surface area contributed by atoms with Gasteiger partial charge in [-0.3, -0.25) is 14.4 Å². The van der Waals surface area contributed by atoms with E-state index in [1.165, 1.54) is 0 Å². The number of benzene rings is 2. The Morgan fingerprint density at radius 3 is 2.03 bits per heavy atom. The molecule has 0 fully saturated rings. The summed E-state index contributed by atoms with van der Waals surface area (Å²) in [5.41, 5.74) is 2.40. The normalized spacial score (nSPS) is 10.1. The van der Waals surface area contributed by atoms with E-state index in [1.54, 1.807) is 62.7 Å². The van der Waals surface area contributed by atoms with Crippen molar-refractivity contribution in [1.82, 2.24) is 10.6 Å². The molecule has 0 aliphatic rings. The maximum absolute atomic E-state index is 12.1. The van der Waals surface area contributed by atoms with Crippen LogP contribution in [0.4, 0.5) is 11.4 Å². The lowest BCUT2D eigenvalue weighted by molar-refractivity contribution is -0.114. The highest BCUT2D eigenvalue weighted by molar-refractivity contribution is 5.97. The van der Waals surface area contributed by atoms with Crippen LogP contribution in [-0.4, -0.2) is 51.6 Å². The highest BCUT2D eigenvalue weighted by Crippen LogP contribution is 2.11. The summed E-state index contributed by atoms with van der Waals surface area (Å²) in [5, 5.41) is 11.1. The van der Waals surface area contributed by atoms with E-state index < -0.39 is 0 Å². The van der Waals surface area contributed by atoms with Gasteiger partial charge in [-0.05, 0) is 55.0 Å². The van der Waals surface area contributed by atoms with Crippen LogP contribution in [0.3, 0.4) is 0 Å². The highest BCUT2D eigenvalue weighted by Gasteiger charge is 2.07. The maximum atomic E-state index is 12.1. The molecule has 3 amide bonds. The van der Waals surface area contributed by atoms with Crippen LogP contribution in [0.5, 0.6) is 0 Å². The number of rotatable bonds is 10. The van der Waals surface area contributed by atoms with Crippen molar-refractivity contribution in [2.24, 2.45) is 0 Å².